The zero-order valence-corrected chi connectivity index (χ0v) is 10.6. The van der Waals surface area contributed by atoms with Crippen molar-refractivity contribution >= 4 is 6.09 Å². The van der Waals surface area contributed by atoms with Gasteiger partial charge in [0, 0.05) is 6.04 Å². The molecule has 0 bridgehead atoms. The molecule has 16 heavy (non-hydrogen) atoms. The van der Waals surface area contributed by atoms with Crippen LogP contribution in [0.15, 0.2) is 0 Å². The lowest BCUT2D eigenvalue weighted by Gasteiger charge is -2.32. The van der Waals surface area contributed by atoms with E-state index in [2.05, 4.69) is 5.32 Å². The Morgan fingerprint density at radius 3 is 2.31 bits per heavy atom. The van der Waals surface area contributed by atoms with Gasteiger partial charge < -0.3 is 10.1 Å². The van der Waals surface area contributed by atoms with Crippen LogP contribution in [-0.4, -0.2) is 23.4 Å². The summed E-state index contributed by atoms with van der Waals surface area (Å²) in [5.74, 6) is 0. The molecular weight excluding hydrogens is 209 g/mol. The number of carbonyl (C=O) groups is 1. The second kappa shape index (κ2) is 4.60. The van der Waals surface area contributed by atoms with Gasteiger partial charge in [-0.25, -0.2) is 9.18 Å². The lowest BCUT2D eigenvalue weighted by atomic mass is 9.85. The highest BCUT2D eigenvalue weighted by Gasteiger charge is 2.31. The Kier molecular flexibility index (Phi) is 3.81. The Hall–Kier alpha value is -0.800. The van der Waals surface area contributed by atoms with Gasteiger partial charge in [-0.1, -0.05) is 0 Å². The van der Waals surface area contributed by atoms with Gasteiger partial charge in [-0.3, -0.25) is 0 Å². The van der Waals surface area contributed by atoms with Gasteiger partial charge in [-0.05, 0) is 53.4 Å². The summed E-state index contributed by atoms with van der Waals surface area (Å²) in [6.07, 6.45) is 1.99. The maximum absolute atomic E-state index is 13.5. The van der Waals surface area contributed by atoms with Gasteiger partial charge in [-0.2, -0.15) is 0 Å². The van der Waals surface area contributed by atoms with E-state index in [1.165, 1.54) is 0 Å². The van der Waals surface area contributed by atoms with Crippen molar-refractivity contribution in [2.45, 2.75) is 70.7 Å². The predicted octanol–water partition coefficient (Wildman–Crippen LogP) is 3.18. The standard InChI is InChI=1S/C12H22FNO2/c1-11(2,3)16-10(15)14-9-5-7-12(4,13)8-6-9/h9H,5-8H2,1-4H3,(H,14,15). The SMILES string of the molecule is CC1(F)CCC(NC(=O)OC(C)(C)C)CC1. The summed E-state index contributed by atoms with van der Waals surface area (Å²) in [7, 11) is 0. The summed E-state index contributed by atoms with van der Waals surface area (Å²) < 4.78 is 18.7. The van der Waals surface area contributed by atoms with Crippen molar-refractivity contribution in [2.75, 3.05) is 0 Å². The van der Waals surface area contributed by atoms with E-state index in [0.717, 1.165) is 0 Å². The monoisotopic (exact) mass is 231 g/mol. The molecule has 0 radical (unpaired) electrons. The van der Waals surface area contributed by atoms with Crippen molar-refractivity contribution in [3.8, 4) is 0 Å². The Bertz CT molecular complexity index is 248. The van der Waals surface area contributed by atoms with Crippen LogP contribution in [0.25, 0.3) is 0 Å². The third-order valence-electron chi connectivity index (χ3n) is 2.75. The third kappa shape index (κ3) is 4.81. The maximum atomic E-state index is 13.5. The molecular formula is C12H22FNO2. The molecule has 1 amide bonds. The third-order valence-corrected chi connectivity index (χ3v) is 2.75. The number of amides is 1. The molecule has 0 aromatic carbocycles. The average Bonchev–Trinajstić information content (AvgIpc) is 2.05. The Balaban J connectivity index is 2.32. The molecule has 1 rings (SSSR count). The molecule has 94 valence electrons. The quantitative estimate of drug-likeness (QED) is 0.752. The van der Waals surface area contributed by atoms with Crippen molar-refractivity contribution in [1.29, 1.82) is 0 Å². The summed E-state index contributed by atoms with van der Waals surface area (Å²) >= 11 is 0. The average molecular weight is 231 g/mol. The van der Waals surface area contributed by atoms with Crippen LogP contribution in [0.3, 0.4) is 0 Å². The molecule has 1 N–H and O–H groups in total. The first kappa shape index (κ1) is 13.3. The van der Waals surface area contributed by atoms with Crippen LogP contribution < -0.4 is 5.32 Å². The largest absolute Gasteiger partial charge is 0.444 e. The van der Waals surface area contributed by atoms with E-state index in [4.69, 9.17) is 4.74 Å². The highest BCUT2D eigenvalue weighted by Crippen LogP contribution is 2.31. The number of alkyl halides is 1. The van der Waals surface area contributed by atoms with Gasteiger partial charge in [0.05, 0.1) is 0 Å². The maximum Gasteiger partial charge on any atom is 0.407 e. The van der Waals surface area contributed by atoms with Gasteiger partial charge in [0.1, 0.15) is 11.3 Å². The lowest BCUT2D eigenvalue weighted by Crippen LogP contribution is -2.42. The molecule has 3 nitrogen and oxygen atoms in total. The Labute approximate surface area is 96.7 Å². The smallest absolute Gasteiger partial charge is 0.407 e. The van der Waals surface area contributed by atoms with Crippen molar-refractivity contribution in [1.82, 2.24) is 5.32 Å². The number of hydrogen-bond acceptors (Lipinski definition) is 2. The fraction of sp³-hybridized carbons (Fsp3) is 0.917. The van der Waals surface area contributed by atoms with Crippen molar-refractivity contribution in [3.05, 3.63) is 0 Å². The van der Waals surface area contributed by atoms with Gasteiger partial charge >= 0.3 is 6.09 Å². The first-order chi connectivity index (χ1) is 7.18. The van der Waals surface area contributed by atoms with Gasteiger partial charge in [-0.15, -0.1) is 0 Å². The summed E-state index contributed by atoms with van der Waals surface area (Å²) in [6, 6.07) is 0.0543. The number of hydrogen-bond donors (Lipinski definition) is 1. The topological polar surface area (TPSA) is 38.3 Å². The van der Waals surface area contributed by atoms with Crippen LogP contribution in [0.1, 0.15) is 53.4 Å². The Morgan fingerprint density at radius 2 is 1.88 bits per heavy atom. The molecule has 0 saturated heterocycles. The number of ether oxygens (including phenoxy) is 1. The normalized spacial score (nSPS) is 30.9. The van der Waals surface area contributed by atoms with E-state index < -0.39 is 17.4 Å². The van der Waals surface area contributed by atoms with Gasteiger partial charge in [0.25, 0.3) is 0 Å². The van der Waals surface area contributed by atoms with Crippen LogP contribution in [0.5, 0.6) is 0 Å². The predicted molar refractivity (Wildman–Crippen MR) is 61.1 cm³/mol. The second-order valence-corrected chi connectivity index (χ2v) is 5.83. The van der Waals surface area contributed by atoms with Crippen LogP contribution in [0, 0.1) is 0 Å². The van der Waals surface area contributed by atoms with Gasteiger partial charge in [0.15, 0.2) is 0 Å². The highest BCUT2D eigenvalue weighted by atomic mass is 19.1. The molecule has 0 aliphatic heterocycles. The minimum atomic E-state index is -1.06. The molecule has 1 fully saturated rings. The Morgan fingerprint density at radius 1 is 1.38 bits per heavy atom. The molecule has 0 aromatic rings. The summed E-state index contributed by atoms with van der Waals surface area (Å²) in [5, 5.41) is 2.79. The number of halogens is 1. The first-order valence-corrected chi connectivity index (χ1v) is 5.86. The second-order valence-electron chi connectivity index (χ2n) is 5.83. The van der Waals surface area contributed by atoms with Crippen LogP contribution in [0.2, 0.25) is 0 Å². The van der Waals surface area contributed by atoms with Crippen molar-refractivity contribution < 1.29 is 13.9 Å². The number of rotatable bonds is 1. The minimum Gasteiger partial charge on any atom is -0.444 e. The molecule has 4 heteroatoms. The fourth-order valence-corrected chi connectivity index (χ4v) is 1.84. The highest BCUT2D eigenvalue weighted by molar-refractivity contribution is 5.68. The van der Waals surface area contributed by atoms with E-state index >= 15 is 0 Å². The minimum absolute atomic E-state index is 0.0543. The van der Waals surface area contributed by atoms with Crippen LogP contribution >= 0.6 is 0 Å². The summed E-state index contributed by atoms with van der Waals surface area (Å²) in [5.41, 5.74) is -1.54. The molecule has 0 aromatic heterocycles. The molecule has 0 spiro atoms. The number of alkyl carbamates (subject to hydrolysis) is 1. The zero-order valence-electron chi connectivity index (χ0n) is 10.6. The summed E-state index contributed by atoms with van der Waals surface area (Å²) in [4.78, 5) is 11.5. The number of carbonyl (C=O) groups excluding carboxylic acids is 1. The van der Waals surface area contributed by atoms with Crippen LogP contribution in [0.4, 0.5) is 9.18 Å². The van der Waals surface area contributed by atoms with E-state index in [-0.39, 0.29) is 6.04 Å². The van der Waals surface area contributed by atoms with E-state index in [0.29, 0.717) is 25.7 Å². The summed E-state index contributed by atoms with van der Waals surface area (Å²) in [6.45, 7) is 7.10. The zero-order chi connectivity index (χ0) is 12.4. The van der Waals surface area contributed by atoms with Crippen LogP contribution in [-0.2, 0) is 4.74 Å². The van der Waals surface area contributed by atoms with E-state index in [1.807, 2.05) is 20.8 Å². The molecule has 0 atom stereocenters. The first-order valence-electron chi connectivity index (χ1n) is 5.86. The molecule has 0 unspecified atom stereocenters. The molecule has 0 heterocycles. The van der Waals surface area contributed by atoms with Crippen molar-refractivity contribution in [2.24, 2.45) is 0 Å². The van der Waals surface area contributed by atoms with Crippen molar-refractivity contribution in [3.63, 3.8) is 0 Å². The molecule has 1 saturated carbocycles. The number of nitrogens with one attached hydrogen (secondary N) is 1. The van der Waals surface area contributed by atoms with E-state index in [9.17, 15) is 9.18 Å². The fourth-order valence-electron chi connectivity index (χ4n) is 1.84. The lowest BCUT2D eigenvalue weighted by molar-refractivity contribution is 0.0450. The molecule has 1 aliphatic rings. The van der Waals surface area contributed by atoms with Gasteiger partial charge in [0.2, 0.25) is 0 Å². The van der Waals surface area contributed by atoms with E-state index in [1.54, 1.807) is 6.92 Å². The molecule has 1 aliphatic carbocycles.